The number of methoxy groups -OCH3 is 1. The highest BCUT2D eigenvalue weighted by Crippen LogP contribution is 2.27. The lowest BCUT2D eigenvalue weighted by Crippen LogP contribution is -1.91. The highest BCUT2D eigenvalue weighted by molar-refractivity contribution is 5.88. The van der Waals surface area contributed by atoms with Gasteiger partial charge >= 0.3 is 0 Å². The normalized spacial score (nSPS) is 10.2. The molecule has 0 aliphatic carbocycles. The maximum absolute atomic E-state index is 11.2. The summed E-state index contributed by atoms with van der Waals surface area (Å²) in [6, 6.07) is 11.8. The first-order valence-electron chi connectivity index (χ1n) is 5.86. The Morgan fingerprint density at radius 2 is 1.78 bits per heavy atom. The van der Waals surface area contributed by atoms with Crippen LogP contribution in [0.1, 0.15) is 21.5 Å². The van der Waals surface area contributed by atoms with Crippen molar-refractivity contribution in [3.63, 3.8) is 0 Å². The Morgan fingerprint density at radius 1 is 1.00 bits per heavy atom. The third-order valence-electron chi connectivity index (χ3n) is 3.20. The van der Waals surface area contributed by atoms with E-state index in [0.29, 0.717) is 11.3 Å². The molecular weight excluding hydrogens is 224 g/mol. The molecule has 0 amide bonds. The molecule has 0 unspecified atom stereocenters. The largest absolute Gasteiger partial charge is 0.497 e. The summed E-state index contributed by atoms with van der Waals surface area (Å²) in [7, 11) is 1.60. The second kappa shape index (κ2) is 5.05. The minimum Gasteiger partial charge on any atom is -0.497 e. The van der Waals surface area contributed by atoms with Gasteiger partial charge in [-0.1, -0.05) is 18.2 Å². The molecule has 18 heavy (non-hydrogen) atoms. The summed E-state index contributed by atoms with van der Waals surface area (Å²) in [5.41, 5.74) is 5.12. The molecule has 0 saturated heterocycles. The molecule has 0 N–H and O–H groups in total. The standard InChI is InChI=1S/C16H16O2/c1-11-4-5-13(8-12(11)2)16-7-6-15(18-3)9-14(16)10-17/h4-10H,1-3H3. The van der Waals surface area contributed by atoms with Crippen molar-refractivity contribution in [2.24, 2.45) is 0 Å². The molecule has 0 fully saturated rings. The number of aldehydes is 1. The minimum atomic E-state index is 0.651. The Bertz CT molecular complexity index is 586. The number of hydrogen-bond acceptors (Lipinski definition) is 2. The fraction of sp³-hybridized carbons (Fsp3) is 0.188. The van der Waals surface area contributed by atoms with E-state index >= 15 is 0 Å². The number of carbonyl (C=O) groups excluding carboxylic acids is 1. The second-order valence-electron chi connectivity index (χ2n) is 4.37. The van der Waals surface area contributed by atoms with Gasteiger partial charge in [-0.25, -0.2) is 0 Å². The van der Waals surface area contributed by atoms with Crippen LogP contribution < -0.4 is 4.74 Å². The van der Waals surface area contributed by atoms with Crippen molar-refractivity contribution in [2.75, 3.05) is 7.11 Å². The van der Waals surface area contributed by atoms with Crippen molar-refractivity contribution in [3.05, 3.63) is 53.1 Å². The molecule has 0 heterocycles. The Labute approximate surface area is 107 Å². The molecule has 0 radical (unpaired) electrons. The predicted octanol–water partition coefficient (Wildman–Crippen LogP) is 3.79. The van der Waals surface area contributed by atoms with Crippen LogP contribution in [0.15, 0.2) is 36.4 Å². The van der Waals surface area contributed by atoms with Gasteiger partial charge in [-0.2, -0.15) is 0 Å². The first-order chi connectivity index (χ1) is 8.65. The quantitative estimate of drug-likeness (QED) is 0.763. The summed E-state index contributed by atoms with van der Waals surface area (Å²) in [5.74, 6) is 0.699. The minimum absolute atomic E-state index is 0.651. The number of ether oxygens (including phenoxy) is 1. The van der Waals surface area contributed by atoms with E-state index in [9.17, 15) is 4.79 Å². The Kier molecular flexibility index (Phi) is 3.47. The predicted molar refractivity (Wildman–Crippen MR) is 73.3 cm³/mol. The first-order valence-corrected chi connectivity index (χ1v) is 5.86. The van der Waals surface area contributed by atoms with Gasteiger partial charge in [0.15, 0.2) is 6.29 Å². The van der Waals surface area contributed by atoms with Crippen LogP contribution in [-0.2, 0) is 0 Å². The van der Waals surface area contributed by atoms with Crippen molar-refractivity contribution in [1.82, 2.24) is 0 Å². The smallest absolute Gasteiger partial charge is 0.150 e. The van der Waals surface area contributed by atoms with Gasteiger partial charge in [0.2, 0.25) is 0 Å². The molecular formula is C16H16O2. The SMILES string of the molecule is COc1ccc(-c2ccc(C)c(C)c2)c(C=O)c1. The number of aryl methyl sites for hydroxylation is 2. The van der Waals surface area contributed by atoms with Crippen LogP contribution in [0.3, 0.4) is 0 Å². The Hall–Kier alpha value is -2.09. The van der Waals surface area contributed by atoms with Gasteiger partial charge in [0.05, 0.1) is 7.11 Å². The molecule has 0 aromatic heterocycles. The van der Waals surface area contributed by atoms with E-state index in [1.807, 2.05) is 18.2 Å². The lowest BCUT2D eigenvalue weighted by molar-refractivity contribution is 0.112. The van der Waals surface area contributed by atoms with Crippen molar-refractivity contribution in [1.29, 1.82) is 0 Å². The first kappa shape index (κ1) is 12.4. The van der Waals surface area contributed by atoms with Crippen LogP contribution in [0.4, 0.5) is 0 Å². The summed E-state index contributed by atoms with van der Waals surface area (Å²) in [6.45, 7) is 4.15. The van der Waals surface area contributed by atoms with E-state index in [-0.39, 0.29) is 0 Å². The van der Waals surface area contributed by atoms with Crippen LogP contribution in [0.2, 0.25) is 0 Å². The highest BCUT2D eigenvalue weighted by atomic mass is 16.5. The van der Waals surface area contributed by atoms with Crippen molar-refractivity contribution in [2.45, 2.75) is 13.8 Å². The maximum atomic E-state index is 11.2. The van der Waals surface area contributed by atoms with E-state index in [1.54, 1.807) is 13.2 Å². The van der Waals surface area contributed by atoms with Gasteiger partial charge < -0.3 is 4.74 Å². The molecule has 0 aliphatic heterocycles. The Balaban J connectivity index is 2.55. The van der Waals surface area contributed by atoms with Crippen LogP contribution in [0.25, 0.3) is 11.1 Å². The van der Waals surface area contributed by atoms with Gasteiger partial charge in [0.1, 0.15) is 5.75 Å². The lowest BCUT2D eigenvalue weighted by Gasteiger charge is -2.09. The molecule has 2 aromatic carbocycles. The number of rotatable bonds is 3. The van der Waals surface area contributed by atoms with E-state index in [4.69, 9.17) is 4.74 Å². The molecule has 92 valence electrons. The van der Waals surface area contributed by atoms with Gasteiger partial charge in [-0.05, 0) is 54.3 Å². The molecule has 2 heteroatoms. The van der Waals surface area contributed by atoms with Gasteiger partial charge in [0, 0.05) is 5.56 Å². The zero-order valence-corrected chi connectivity index (χ0v) is 10.9. The molecule has 2 nitrogen and oxygen atoms in total. The van der Waals surface area contributed by atoms with Gasteiger partial charge in [-0.3, -0.25) is 4.79 Å². The fourth-order valence-corrected chi connectivity index (χ4v) is 1.94. The fourth-order valence-electron chi connectivity index (χ4n) is 1.94. The monoisotopic (exact) mass is 240 g/mol. The molecule has 0 atom stereocenters. The number of carbonyl (C=O) groups is 1. The number of hydrogen-bond donors (Lipinski definition) is 0. The summed E-state index contributed by atoms with van der Waals surface area (Å²) in [4.78, 5) is 11.2. The summed E-state index contributed by atoms with van der Waals surface area (Å²) >= 11 is 0. The summed E-state index contributed by atoms with van der Waals surface area (Å²) < 4.78 is 5.13. The third-order valence-corrected chi connectivity index (χ3v) is 3.20. The average molecular weight is 240 g/mol. The topological polar surface area (TPSA) is 26.3 Å². The summed E-state index contributed by atoms with van der Waals surface area (Å²) in [5, 5.41) is 0. The molecule has 0 aliphatic rings. The average Bonchev–Trinajstić information content (AvgIpc) is 2.41. The van der Waals surface area contributed by atoms with Crippen molar-refractivity contribution in [3.8, 4) is 16.9 Å². The maximum Gasteiger partial charge on any atom is 0.150 e. The van der Waals surface area contributed by atoms with E-state index in [2.05, 4.69) is 26.0 Å². The van der Waals surface area contributed by atoms with E-state index in [0.717, 1.165) is 17.4 Å². The second-order valence-corrected chi connectivity index (χ2v) is 4.37. The van der Waals surface area contributed by atoms with Crippen LogP contribution in [-0.4, -0.2) is 13.4 Å². The molecule has 2 rings (SSSR count). The van der Waals surface area contributed by atoms with E-state index < -0.39 is 0 Å². The zero-order chi connectivity index (χ0) is 13.1. The molecule has 0 bridgehead atoms. The number of benzene rings is 2. The van der Waals surface area contributed by atoms with E-state index in [1.165, 1.54) is 11.1 Å². The van der Waals surface area contributed by atoms with Gasteiger partial charge in [0.25, 0.3) is 0 Å². The molecule has 2 aromatic rings. The van der Waals surface area contributed by atoms with Gasteiger partial charge in [-0.15, -0.1) is 0 Å². The molecule has 0 spiro atoms. The summed E-state index contributed by atoms with van der Waals surface area (Å²) in [6.07, 6.45) is 0.868. The molecule has 0 saturated carbocycles. The third kappa shape index (κ3) is 2.28. The zero-order valence-electron chi connectivity index (χ0n) is 10.9. The van der Waals surface area contributed by atoms with Crippen LogP contribution in [0.5, 0.6) is 5.75 Å². The lowest BCUT2D eigenvalue weighted by atomic mass is 9.97. The van der Waals surface area contributed by atoms with Crippen LogP contribution in [0, 0.1) is 13.8 Å². The Morgan fingerprint density at radius 3 is 2.39 bits per heavy atom. The van der Waals surface area contributed by atoms with Crippen molar-refractivity contribution >= 4 is 6.29 Å². The highest BCUT2D eigenvalue weighted by Gasteiger charge is 2.07. The van der Waals surface area contributed by atoms with Crippen molar-refractivity contribution < 1.29 is 9.53 Å². The van der Waals surface area contributed by atoms with Crippen LogP contribution >= 0.6 is 0 Å².